The molecule has 1 aromatic rings. The second-order valence-electron chi connectivity index (χ2n) is 4.62. The lowest BCUT2D eigenvalue weighted by Gasteiger charge is -2.14. The Hall–Kier alpha value is -1.54. The Kier molecular flexibility index (Phi) is 3.99. The van der Waals surface area contributed by atoms with Crippen molar-refractivity contribution in [3.63, 3.8) is 0 Å². The van der Waals surface area contributed by atoms with Crippen molar-refractivity contribution in [2.45, 2.75) is 13.0 Å². The van der Waals surface area contributed by atoms with Gasteiger partial charge in [-0.3, -0.25) is 0 Å². The van der Waals surface area contributed by atoms with Crippen LogP contribution in [0.4, 0.5) is 0 Å². The summed E-state index contributed by atoms with van der Waals surface area (Å²) in [7, 11) is 3.94. The summed E-state index contributed by atoms with van der Waals surface area (Å²) in [5, 5.41) is 0. The summed E-state index contributed by atoms with van der Waals surface area (Å²) >= 11 is 0. The third-order valence-corrected chi connectivity index (χ3v) is 3.04. The van der Waals surface area contributed by atoms with Crippen molar-refractivity contribution in [3.05, 3.63) is 53.6 Å². The fourth-order valence-electron chi connectivity index (χ4n) is 2.16. The fraction of sp³-hybridized carbons (Fsp3) is 0.333. The van der Waals surface area contributed by atoms with Gasteiger partial charge in [-0.15, -0.1) is 0 Å². The third-order valence-electron chi connectivity index (χ3n) is 3.04. The maximum Gasteiger partial charge on any atom is 0.118 e. The smallest absolute Gasteiger partial charge is 0.118 e. The Morgan fingerprint density at radius 2 is 1.94 bits per heavy atom. The molecule has 0 fully saturated rings. The van der Waals surface area contributed by atoms with Crippen LogP contribution >= 0.6 is 0 Å². The average molecular weight is 230 g/mol. The molecule has 0 saturated heterocycles. The Labute approximate surface area is 103 Å². The largest absolute Gasteiger partial charge is 0.497 e. The monoisotopic (exact) mass is 230 g/mol. The molecule has 17 heavy (non-hydrogen) atoms. The number of likely N-dealkylation sites (N-methyl/N-ethyl adjacent to an activating group) is 1. The van der Waals surface area contributed by atoms with E-state index in [9.17, 15) is 0 Å². The molecular formula is C15H20NO+. The molecule has 0 aromatic heterocycles. The number of nitrogens with one attached hydrogen (secondary N) is 1. The molecule has 1 aromatic carbocycles. The Morgan fingerprint density at radius 1 is 1.18 bits per heavy atom. The van der Waals surface area contributed by atoms with Crippen LogP contribution in [0.5, 0.6) is 5.75 Å². The lowest BCUT2D eigenvalue weighted by atomic mass is 10.2. The van der Waals surface area contributed by atoms with Crippen LogP contribution in [0.2, 0.25) is 0 Å². The molecule has 1 aliphatic carbocycles. The van der Waals surface area contributed by atoms with E-state index in [1.54, 1.807) is 7.11 Å². The van der Waals surface area contributed by atoms with Crippen LogP contribution in [0.25, 0.3) is 0 Å². The SMILES string of the molecule is COc1ccc(C[NH+](C)CC2=CC=CC2)cc1. The van der Waals surface area contributed by atoms with Crippen molar-refractivity contribution >= 4 is 0 Å². The van der Waals surface area contributed by atoms with Gasteiger partial charge in [0, 0.05) is 5.56 Å². The molecule has 0 heterocycles. The lowest BCUT2D eigenvalue weighted by Crippen LogP contribution is -3.07. The minimum Gasteiger partial charge on any atom is -0.497 e. The van der Waals surface area contributed by atoms with Crippen molar-refractivity contribution in [2.24, 2.45) is 0 Å². The number of quaternary nitrogens is 1. The zero-order chi connectivity index (χ0) is 12.1. The number of hydrogen-bond acceptors (Lipinski definition) is 1. The molecule has 90 valence electrons. The first-order valence-electron chi connectivity index (χ1n) is 6.07. The van der Waals surface area contributed by atoms with Crippen LogP contribution in [0.15, 0.2) is 48.1 Å². The van der Waals surface area contributed by atoms with E-state index in [0.717, 1.165) is 25.3 Å². The summed E-state index contributed by atoms with van der Waals surface area (Å²) < 4.78 is 5.16. The second-order valence-corrected chi connectivity index (χ2v) is 4.62. The fourth-order valence-corrected chi connectivity index (χ4v) is 2.16. The highest BCUT2D eigenvalue weighted by Gasteiger charge is 2.08. The van der Waals surface area contributed by atoms with Gasteiger partial charge in [0.15, 0.2) is 0 Å². The Morgan fingerprint density at radius 3 is 2.53 bits per heavy atom. The van der Waals surface area contributed by atoms with Gasteiger partial charge in [0.1, 0.15) is 12.3 Å². The minimum absolute atomic E-state index is 0.925. The molecule has 0 amide bonds. The van der Waals surface area contributed by atoms with Crippen LogP contribution in [-0.4, -0.2) is 20.7 Å². The van der Waals surface area contributed by atoms with Gasteiger partial charge >= 0.3 is 0 Å². The molecule has 2 heteroatoms. The van der Waals surface area contributed by atoms with Crippen LogP contribution in [0, 0.1) is 0 Å². The predicted molar refractivity (Wildman–Crippen MR) is 70.3 cm³/mol. The Bertz CT molecular complexity index is 417. The summed E-state index contributed by atoms with van der Waals surface area (Å²) in [6.07, 6.45) is 7.73. The van der Waals surface area contributed by atoms with E-state index in [-0.39, 0.29) is 0 Å². The highest BCUT2D eigenvalue weighted by atomic mass is 16.5. The number of ether oxygens (including phenoxy) is 1. The van der Waals surface area contributed by atoms with Crippen LogP contribution in [-0.2, 0) is 6.54 Å². The molecule has 0 saturated carbocycles. The van der Waals surface area contributed by atoms with E-state index < -0.39 is 0 Å². The summed E-state index contributed by atoms with van der Waals surface area (Å²) in [4.78, 5) is 1.52. The zero-order valence-electron chi connectivity index (χ0n) is 10.6. The van der Waals surface area contributed by atoms with E-state index >= 15 is 0 Å². The van der Waals surface area contributed by atoms with Gasteiger partial charge in [-0.2, -0.15) is 0 Å². The first kappa shape index (κ1) is 11.9. The molecule has 0 aliphatic heterocycles. The third kappa shape index (κ3) is 3.46. The summed E-state index contributed by atoms with van der Waals surface area (Å²) in [6, 6.07) is 8.34. The van der Waals surface area contributed by atoms with Crippen molar-refractivity contribution < 1.29 is 9.64 Å². The molecule has 1 N–H and O–H groups in total. The average Bonchev–Trinajstić information content (AvgIpc) is 2.82. The van der Waals surface area contributed by atoms with E-state index in [0.29, 0.717) is 0 Å². The highest BCUT2D eigenvalue weighted by Crippen LogP contribution is 2.11. The topological polar surface area (TPSA) is 13.7 Å². The van der Waals surface area contributed by atoms with Crippen LogP contribution in [0.3, 0.4) is 0 Å². The minimum atomic E-state index is 0.925. The van der Waals surface area contributed by atoms with Crippen LogP contribution in [0.1, 0.15) is 12.0 Å². The molecule has 1 atom stereocenters. The summed E-state index contributed by atoms with van der Waals surface area (Å²) in [5.41, 5.74) is 2.88. The maximum atomic E-state index is 5.16. The molecule has 0 bridgehead atoms. The van der Waals surface area contributed by atoms with Gasteiger partial charge in [0.25, 0.3) is 0 Å². The Balaban J connectivity index is 1.86. The molecular weight excluding hydrogens is 210 g/mol. The highest BCUT2D eigenvalue weighted by molar-refractivity contribution is 5.26. The lowest BCUT2D eigenvalue weighted by molar-refractivity contribution is -0.888. The van der Waals surface area contributed by atoms with E-state index in [4.69, 9.17) is 4.74 Å². The molecule has 1 aliphatic rings. The van der Waals surface area contributed by atoms with Gasteiger partial charge in [0.05, 0.1) is 20.7 Å². The van der Waals surface area contributed by atoms with Gasteiger partial charge in [0.2, 0.25) is 0 Å². The summed E-state index contributed by atoms with van der Waals surface area (Å²) in [6.45, 7) is 2.18. The molecule has 0 spiro atoms. The number of allylic oxidation sites excluding steroid dienone is 3. The maximum absolute atomic E-state index is 5.16. The first-order valence-corrected chi connectivity index (χ1v) is 6.07. The summed E-state index contributed by atoms with van der Waals surface area (Å²) in [5.74, 6) is 0.925. The van der Waals surface area contributed by atoms with Crippen molar-refractivity contribution in [2.75, 3.05) is 20.7 Å². The van der Waals surface area contributed by atoms with Gasteiger partial charge in [-0.05, 0) is 36.3 Å². The second kappa shape index (κ2) is 5.69. The molecule has 1 unspecified atom stereocenters. The van der Waals surface area contributed by atoms with Crippen molar-refractivity contribution in [1.29, 1.82) is 0 Å². The quantitative estimate of drug-likeness (QED) is 0.811. The van der Waals surface area contributed by atoms with E-state index in [1.807, 2.05) is 12.1 Å². The van der Waals surface area contributed by atoms with Crippen molar-refractivity contribution in [3.8, 4) is 5.75 Å². The first-order chi connectivity index (χ1) is 8.28. The number of methoxy groups -OCH3 is 1. The van der Waals surface area contributed by atoms with E-state index in [1.165, 1.54) is 16.0 Å². The molecule has 2 nitrogen and oxygen atoms in total. The predicted octanol–water partition coefficient (Wildman–Crippen LogP) is 1.60. The van der Waals surface area contributed by atoms with Crippen molar-refractivity contribution in [1.82, 2.24) is 0 Å². The number of benzene rings is 1. The van der Waals surface area contributed by atoms with Crippen LogP contribution < -0.4 is 9.64 Å². The van der Waals surface area contributed by atoms with Gasteiger partial charge in [-0.25, -0.2) is 0 Å². The van der Waals surface area contributed by atoms with Gasteiger partial charge in [-0.1, -0.05) is 18.2 Å². The standard InChI is InChI=1S/C15H19NO/c1-16(11-13-5-3-4-6-13)12-14-7-9-15(17-2)10-8-14/h3-5,7-10H,6,11-12H2,1-2H3/p+1. The molecule has 2 rings (SSSR count). The number of rotatable bonds is 5. The normalized spacial score (nSPS) is 15.8. The van der Waals surface area contributed by atoms with E-state index in [2.05, 4.69) is 37.4 Å². The number of hydrogen-bond donors (Lipinski definition) is 1. The van der Waals surface area contributed by atoms with Gasteiger partial charge < -0.3 is 9.64 Å². The molecule has 0 radical (unpaired) electrons. The zero-order valence-corrected chi connectivity index (χ0v) is 10.6.